The van der Waals surface area contributed by atoms with Crippen molar-refractivity contribution >= 4 is 44.9 Å². The molecule has 0 fully saturated rings. The lowest BCUT2D eigenvalue weighted by Gasteiger charge is -2.34. The SMILES string of the molecule is Cc1cc2c3c4c1c1ccccc1n4-c1ccc(-c4ccccc4)cc1B3c1cc(-c3ccccc3)ccc1O2. The number of benzene rings is 6. The molecule has 0 atom stereocenters. The van der Waals surface area contributed by atoms with E-state index in [4.69, 9.17) is 4.74 Å². The highest BCUT2D eigenvalue weighted by molar-refractivity contribution is 6.99. The van der Waals surface area contributed by atoms with E-state index < -0.39 is 0 Å². The molecule has 0 unspecified atom stereocenters. The molecule has 0 amide bonds. The van der Waals surface area contributed by atoms with E-state index in [1.54, 1.807) is 0 Å². The number of aryl methyl sites for hydroxylation is 1. The number of para-hydroxylation sites is 1. The summed E-state index contributed by atoms with van der Waals surface area (Å²) in [6, 6.07) is 46.1. The van der Waals surface area contributed by atoms with Crippen LogP contribution in [0.5, 0.6) is 11.5 Å². The van der Waals surface area contributed by atoms with Crippen molar-refractivity contribution in [1.29, 1.82) is 0 Å². The van der Waals surface area contributed by atoms with Gasteiger partial charge in [0.05, 0.1) is 11.0 Å². The van der Waals surface area contributed by atoms with Gasteiger partial charge in [-0.2, -0.15) is 0 Å². The first kappa shape index (κ1) is 21.9. The molecule has 3 heteroatoms. The molecule has 2 nitrogen and oxygen atoms in total. The molecule has 186 valence electrons. The second-order valence-corrected chi connectivity index (χ2v) is 11.0. The van der Waals surface area contributed by atoms with Crippen molar-refractivity contribution < 1.29 is 4.74 Å². The first-order valence-electron chi connectivity index (χ1n) is 13.9. The van der Waals surface area contributed by atoms with Gasteiger partial charge in [0.25, 0.3) is 6.71 Å². The van der Waals surface area contributed by atoms with Crippen molar-refractivity contribution in [2.75, 3.05) is 0 Å². The summed E-state index contributed by atoms with van der Waals surface area (Å²) in [5.74, 6) is 1.91. The Hall–Kier alpha value is -5.02. The Labute approximate surface area is 233 Å². The largest absolute Gasteiger partial charge is 0.458 e. The van der Waals surface area contributed by atoms with Crippen LogP contribution in [0.4, 0.5) is 0 Å². The Morgan fingerprint density at radius 1 is 0.575 bits per heavy atom. The first-order chi connectivity index (χ1) is 19.8. The summed E-state index contributed by atoms with van der Waals surface area (Å²) in [7, 11) is 0. The maximum Gasteiger partial charge on any atom is 0.256 e. The molecular weight excluding hydrogens is 485 g/mol. The standard InChI is InChI=1S/C37H24BNO/c1-23-20-34-36-37-35(23)28-14-8-9-15-31(28)39(37)32-18-16-26(24-10-4-2-5-11-24)21-29(32)38(36)30-22-27(17-19-33(30)40-34)25-12-6-3-7-13-25/h2-22H,1H3. The van der Waals surface area contributed by atoms with Gasteiger partial charge in [-0.25, -0.2) is 0 Å². The molecule has 9 rings (SSSR count). The molecule has 0 radical (unpaired) electrons. The third kappa shape index (κ3) is 2.89. The van der Waals surface area contributed by atoms with Gasteiger partial charge in [0.2, 0.25) is 0 Å². The minimum Gasteiger partial charge on any atom is -0.458 e. The molecule has 0 N–H and O–H groups in total. The molecule has 40 heavy (non-hydrogen) atoms. The van der Waals surface area contributed by atoms with Crippen LogP contribution in [-0.4, -0.2) is 11.3 Å². The maximum atomic E-state index is 6.73. The monoisotopic (exact) mass is 509 g/mol. The van der Waals surface area contributed by atoms with Gasteiger partial charge in [0, 0.05) is 16.5 Å². The molecular formula is C37H24BNO. The van der Waals surface area contributed by atoms with Gasteiger partial charge in [0.1, 0.15) is 11.5 Å². The highest BCUT2D eigenvalue weighted by atomic mass is 16.5. The van der Waals surface area contributed by atoms with E-state index in [0.717, 1.165) is 11.5 Å². The fourth-order valence-electron chi connectivity index (χ4n) is 7.04. The third-order valence-corrected chi connectivity index (χ3v) is 8.76. The summed E-state index contributed by atoms with van der Waals surface area (Å²) in [6.07, 6.45) is 0. The molecule has 0 aliphatic carbocycles. The molecule has 2 aliphatic heterocycles. The van der Waals surface area contributed by atoms with E-state index in [0.29, 0.717) is 0 Å². The van der Waals surface area contributed by atoms with Crippen molar-refractivity contribution in [2.24, 2.45) is 0 Å². The normalized spacial score (nSPS) is 12.8. The van der Waals surface area contributed by atoms with Crippen LogP contribution in [0, 0.1) is 6.92 Å². The van der Waals surface area contributed by atoms with E-state index in [9.17, 15) is 0 Å². The average Bonchev–Trinajstić information content (AvgIpc) is 3.37. The Balaban J connectivity index is 1.42. The number of hydrogen-bond donors (Lipinski definition) is 0. The minimum absolute atomic E-state index is 0.0704. The Bertz CT molecular complexity index is 2140. The Morgan fingerprint density at radius 2 is 1.23 bits per heavy atom. The van der Waals surface area contributed by atoms with Gasteiger partial charge in [0.15, 0.2) is 0 Å². The smallest absolute Gasteiger partial charge is 0.256 e. The summed E-state index contributed by atoms with van der Waals surface area (Å²) >= 11 is 0. The first-order valence-corrected chi connectivity index (χ1v) is 13.9. The summed E-state index contributed by atoms with van der Waals surface area (Å²) in [6.45, 7) is 2.29. The van der Waals surface area contributed by atoms with E-state index >= 15 is 0 Å². The lowest BCUT2D eigenvalue weighted by atomic mass is 9.34. The molecule has 0 spiro atoms. The van der Waals surface area contributed by atoms with Crippen molar-refractivity contribution in [1.82, 2.24) is 4.57 Å². The number of rotatable bonds is 2. The van der Waals surface area contributed by atoms with E-state index in [-0.39, 0.29) is 6.71 Å². The molecule has 0 saturated heterocycles. The van der Waals surface area contributed by atoms with Crippen LogP contribution >= 0.6 is 0 Å². The summed E-state index contributed by atoms with van der Waals surface area (Å²) in [5, 5.41) is 2.61. The minimum atomic E-state index is 0.0704. The van der Waals surface area contributed by atoms with Crippen LogP contribution < -0.4 is 21.1 Å². The van der Waals surface area contributed by atoms with Gasteiger partial charge in [-0.1, -0.05) is 103 Å². The van der Waals surface area contributed by atoms with Gasteiger partial charge in [-0.15, -0.1) is 0 Å². The maximum absolute atomic E-state index is 6.73. The van der Waals surface area contributed by atoms with Gasteiger partial charge in [-0.05, 0) is 75.4 Å². The summed E-state index contributed by atoms with van der Waals surface area (Å²) in [5.41, 5.74) is 13.7. The van der Waals surface area contributed by atoms with E-state index in [1.165, 1.54) is 71.7 Å². The zero-order chi connectivity index (χ0) is 26.4. The fraction of sp³-hybridized carbons (Fsp3) is 0.0270. The van der Waals surface area contributed by atoms with Crippen LogP contribution in [0.15, 0.2) is 127 Å². The highest BCUT2D eigenvalue weighted by Gasteiger charge is 2.41. The number of aromatic nitrogens is 1. The Morgan fingerprint density at radius 3 is 1.98 bits per heavy atom. The van der Waals surface area contributed by atoms with Crippen LogP contribution in [0.25, 0.3) is 49.7 Å². The molecule has 1 aromatic heterocycles. The van der Waals surface area contributed by atoms with Crippen LogP contribution in [0.1, 0.15) is 5.56 Å². The second kappa shape index (κ2) is 8.00. The zero-order valence-corrected chi connectivity index (χ0v) is 22.1. The predicted molar refractivity (Wildman–Crippen MR) is 168 cm³/mol. The molecule has 7 aromatic rings. The van der Waals surface area contributed by atoms with E-state index in [1.807, 2.05) is 0 Å². The predicted octanol–water partition coefficient (Wildman–Crippen LogP) is 7.36. The molecule has 0 saturated carbocycles. The topological polar surface area (TPSA) is 14.2 Å². The summed E-state index contributed by atoms with van der Waals surface area (Å²) in [4.78, 5) is 0. The average molecular weight is 509 g/mol. The van der Waals surface area contributed by atoms with Crippen LogP contribution in [-0.2, 0) is 0 Å². The van der Waals surface area contributed by atoms with E-state index in [2.05, 4.69) is 139 Å². The fourth-order valence-corrected chi connectivity index (χ4v) is 7.04. The Kier molecular flexibility index (Phi) is 4.37. The quantitative estimate of drug-likeness (QED) is 0.222. The van der Waals surface area contributed by atoms with Gasteiger partial charge in [-0.3, -0.25) is 0 Å². The van der Waals surface area contributed by atoms with Crippen molar-refractivity contribution in [2.45, 2.75) is 6.92 Å². The van der Waals surface area contributed by atoms with Gasteiger partial charge >= 0.3 is 0 Å². The number of hydrogen-bond acceptors (Lipinski definition) is 1. The lowest BCUT2D eigenvalue weighted by molar-refractivity contribution is 0.487. The zero-order valence-electron chi connectivity index (χ0n) is 22.1. The van der Waals surface area contributed by atoms with Crippen molar-refractivity contribution in [3.63, 3.8) is 0 Å². The van der Waals surface area contributed by atoms with Crippen molar-refractivity contribution in [3.8, 4) is 39.4 Å². The second-order valence-electron chi connectivity index (χ2n) is 11.0. The molecule has 3 heterocycles. The number of ether oxygens (including phenoxy) is 1. The summed E-state index contributed by atoms with van der Waals surface area (Å²) < 4.78 is 9.21. The highest BCUT2D eigenvalue weighted by Crippen LogP contribution is 2.41. The third-order valence-electron chi connectivity index (χ3n) is 8.76. The van der Waals surface area contributed by atoms with Crippen LogP contribution in [0.3, 0.4) is 0 Å². The van der Waals surface area contributed by atoms with Gasteiger partial charge < -0.3 is 9.30 Å². The molecule has 6 aromatic carbocycles. The number of nitrogens with zero attached hydrogens (tertiary/aromatic N) is 1. The lowest BCUT2D eigenvalue weighted by Crippen LogP contribution is -2.58. The number of fused-ring (bicyclic) bond motifs is 8. The van der Waals surface area contributed by atoms with Crippen LogP contribution in [0.2, 0.25) is 0 Å². The van der Waals surface area contributed by atoms with Crippen molar-refractivity contribution in [3.05, 3.63) is 133 Å². The molecule has 0 bridgehead atoms. The molecule has 2 aliphatic rings.